The number of benzene rings is 1. The molecule has 20 heavy (non-hydrogen) atoms. The Bertz CT molecular complexity index is 652. The average Bonchev–Trinajstić information content (AvgIpc) is 2.67. The Kier molecular flexibility index (Phi) is 4.08. The van der Waals surface area contributed by atoms with E-state index in [4.69, 9.17) is 5.73 Å². The number of hydrogen-bond donors (Lipinski definition) is 1. The van der Waals surface area contributed by atoms with Gasteiger partial charge in [-0.2, -0.15) is 5.10 Å². The van der Waals surface area contributed by atoms with Crippen LogP contribution in [-0.4, -0.2) is 14.7 Å². The molecule has 1 heterocycles. The molecule has 0 aliphatic carbocycles. The van der Waals surface area contributed by atoms with Crippen molar-refractivity contribution in [2.24, 2.45) is 0 Å². The van der Waals surface area contributed by atoms with E-state index in [1.165, 1.54) is 4.68 Å². The molecule has 1 aromatic carbocycles. The molecule has 0 aliphatic rings. The van der Waals surface area contributed by atoms with Crippen LogP contribution in [0.4, 0.5) is 11.5 Å². The van der Waals surface area contributed by atoms with Gasteiger partial charge in [0.25, 0.3) is 0 Å². The minimum absolute atomic E-state index is 0.0542. The average molecular weight is 339 g/mol. The second-order valence-corrected chi connectivity index (χ2v) is 5.73. The Morgan fingerprint density at radius 3 is 2.70 bits per heavy atom. The van der Waals surface area contributed by atoms with E-state index in [2.05, 4.69) is 21.0 Å². The lowest BCUT2D eigenvalue weighted by molar-refractivity contribution is -0.384. The van der Waals surface area contributed by atoms with E-state index in [1.807, 2.05) is 38.1 Å². The zero-order chi connectivity index (χ0) is 14.9. The van der Waals surface area contributed by atoms with Crippen LogP contribution in [0, 0.1) is 10.1 Å². The van der Waals surface area contributed by atoms with Crippen LogP contribution in [0.2, 0.25) is 0 Å². The predicted molar refractivity (Wildman–Crippen MR) is 80.6 cm³/mol. The first-order chi connectivity index (χ1) is 9.40. The molecule has 0 saturated heterocycles. The molecule has 2 N–H and O–H groups in total. The summed E-state index contributed by atoms with van der Waals surface area (Å²) in [6.45, 7) is 4.12. The summed E-state index contributed by atoms with van der Waals surface area (Å²) in [5, 5.41) is 15.4. The number of hydrogen-bond acceptors (Lipinski definition) is 4. The minimum atomic E-state index is -0.463. The van der Waals surface area contributed by atoms with Gasteiger partial charge in [0.2, 0.25) is 5.82 Å². The minimum Gasteiger partial charge on any atom is -0.378 e. The Morgan fingerprint density at radius 1 is 1.50 bits per heavy atom. The SMILES string of the molecule is CC(C)c1nn(Cc2cccc(Br)c2)c(N)c1[N+](=O)[O-]. The summed E-state index contributed by atoms with van der Waals surface area (Å²) in [5.74, 6) is 0.0418. The van der Waals surface area contributed by atoms with Gasteiger partial charge in [-0.1, -0.05) is 41.9 Å². The van der Waals surface area contributed by atoms with Gasteiger partial charge in [0.1, 0.15) is 5.69 Å². The lowest BCUT2D eigenvalue weighted by atomic mass is 10.1. The normalized spacial score (nSPS) is 11.0. The van der Waals surface area contributed by atoms with E-state index in [9.17, 15) is 10.1 Å². The van der Waals surface area contributed by atoms with Crippen LogP contribution >= 0.6 is 15.9 Å². The van der Waals surface area contributed by atoms with E-state index < -0.39 is 4.92 Å². The fourth-order valence-electron chi connectivity index (χ4n) is 1.99. The van der Waals surface area contributed by atoms with Gasteiger partial charge in [0.05, 0.1) is 11.5 Å². The topological polar surface area (TPSA) is 87.0 Å². The molecule has 0 aliphatic heterocycles. The summed E-state index contributed by atoms with van der Waals surface area (Å²) < 4.78 is 2.43. The first-order valence-corrected chi connectivity index (χ1v) is 6.94. The highest BCUT2D eigenvalue weighted by molar-refractivity contribution is 9.10. The second-order valence-electron chi connectivity index (χ2n) is 4.82. The monoisotopic (exact) mass is 338 g/mol. The van der Waals surface area contributed by atoms with Crippen molar-refractivity contribution in [3.8, 4) is 0 Å². The maximum Gasteiger partial charge on any atom is 0.334 e. The van der Waals surface area contributed by atoms with Gasteiger partial charge < -0.3 is 5.73 Å². The third kappa shape index (κ3) is 2.82. The maximum absolute atomic E-state index is 11.1. The van der Waals surface area contributed by atoms with Crippen molar-refractivity contribution < 1.29 is 4.92 Å². The molecule has 0 saturated carbocycles. The maximum atomic E-state index is 11.1. The molecular weight excluding hydrogens is 324 g/mol. The summed E-state index contributed by atoms with van der Waals surface area (Å²) >= 11 is 3.39. The molecule has 0 bridgehead atoms. The van der Waals surface area contributed by atoms with Gasteiger partial charge in [0.15, 0.2) is 0 Å². The van der Waals surface area contributed by atoms with E-state index >= 15 is 0 Å². The zero-order valence-corrected chi connectivity index (χ0v) is 12.8. The second kappa shape index (κ2) is 5.62. The van der Waals surface area contributed by atoms with Crippen molar-refractivity contribution >= 4 is 27.4 Å². The van der Waals surface area contributed by atoms with Crippen molar-refractivity contribution in [3.05, 3.63) is 50.1 Å². The molecule has 0 atom stereocenters. The van der Waals surface area contributed by atoms with Crippen molar-refractivity contribution in [2.45, 2.75) is 26.3 Å². The lowest BCUT2D eigenvalue weighted by Gasteiger charge is -2.04. The van der Waals surface area contributed by atoms with Crippen molar-refractivity contribution in [1.29, 1.82) is 0 Å². The molecule has 0 spiro atoms. The molecule has 0 amide bonds. The molecule has 0 unspecified atom stereocenters. The summed E-state index contributed by atoms with van der Waals surface area (Å²) in [4.78, 5) is 10.7. The summed E-state index contributed by atoms with van der Waals surface area (Å²) in [7, 11) is 0. The zero-order valence-electron chi connectivity index (χ0n) is 11.2. The number of anilines is 1. The molecule has 0 radical (unpaired) electrons. The quantitative estimate of drug-likeness (QED) is 0.684. The van der Waals surface area contributed by atoms with Crippen molar-refractivity contribution in [3.63, 3.8) is 0 Å². The van der Waals surface area contributed by atoms with Crippen LogP contribution in [0.3, 0.4) is 0 Å². The molecule has 1 aromatic heterocycles. The summed E-state index contributed by atoms with van der Waals surface area (Å²) in [5.41, 5.74) is 7.18. The van der Waals surface area contributed by atoms with Gasteiger partial charge >= 0.3 is 5.69 Å². The number of nitrogens with two attached hydrogens (primary N) is 1. The highest BCUT2D eigenvalue weighted by atomic mass is 79.9. The first-order valence-electron chi connectivity index (χ1n) is 6.15. The number of rotatable bonds is 4. The molecule has 0 fully saturated rings. The molecule has 7 heteroatoms. The molecule has 2 rings (SSSR count). The third-order valence-corrected chi connectivity index (χ3v) is 3.44. The number of nitrogen functional groups attached to an aromatic ring is 1. The fraction of sp³-hybridized carbons (Fsp3) is 0.308. The molecule has 2 aromatic rings. The van der Waals surface area contributed by atoms with Gasteiger partial charge in [-0.25, -0.2) is 4.68 Å². The largest absolute Gasteiger partial charge is 0.378 e. The van der Waals surface area contributed by atoms with Crippen molar-refractivity contribution in [2.75, 3.05) is 5.73 Å². The number of halogens is 1. The van der Waals surface area contributed by atoms with Gasteiger partial charge in [0, 0.05) is 10.4 Å². The summed E-state index contributed by atoms with van der Waals surface area (Å²) in [6.07, 6.45) is 0. The standard InChI is InChI=1S/C13H15BrN4O2/c1-8(2)11-12(18(19)20)13(15)17(16-11)7-9-4-3-5-10(14)6-9/h3-6,8H,7,15H2,1-2H3. The van der Waals surface area contributed by atoms with Gasteiger partial charge in [-0.3, -0.25) is 10.1 Å². The van der Waals surface area contributed by atoms with Gasteiger partial charge in [-0.05, 0) is 17.7 Å². The van der Waals surface area contributed by atoms with E-state index in [0.29, 0.717) is 12.2 Å². The highest BCUT2D eigenvalue weighted by Crippen LogP contribution is 2.31. The Balaban J connectivity index is 2.43. The third-order valence-electron chi connectivity index (χ3n) is 2.94. The van der Waals surface area contributed by atoms with Crippen LogP contribution < -0.4 is 5.73 Å². The van der Waals surface area contributed by atoms with E-state index in [1.54, 1.807) is 0 Å². The number of nitrogens with zero attached hydrogens (tertiary/aromatic N) is 3. The Hall–Kier alpha value is -1.89. The molecule has 106 valence electrons. The highest BCUT2D eigenvalue weighted by Gasteiger charge is 2.27. The predicted octanol–water partition coefficient (Wildman–Crippen LogP) is 3.31. The number of aromatic nitrogens is 2. The van der Waals surface area contributed by atoms with E-state index in [-0.39, 0.29) is 17.4 Å². The van der Waals surface area contributed by atoms with Crippen LogP contribution in [0.15, 0.2) is 28.7 Å². The molecular formula is C13H15BrN4O2. The van der Waals surface area contributed by atoms with Crippen LogP contribution in [-0.2, 0) is 6.54 Å². The Morgan fingerprint density at radius 2 is 2.20 bits per heavy atom. The fourth-order valence-corrected chi connectivity index (χ4v) is 2.44. The lowest BCUT2D eigenvalue weighted by Crippen LogP contribution is -2.06. The van der Waals surface area contributed by atoms with Crippen molar-refractivity contribution in [1.82, 2.24) is 9.78 Å². The number of nitro groups is 1. The summed E-state index contributed by atoms with van der Waals surface area (Å²) in [6, 6.07) is 7.67. The van der Waals surface area contributed by atoms with Crippen LogP contribution in [0.1, 0.15) is 31.0 Å². The molecule has 6 nitrogen and oxygen atoms in total. The van der Waals surface area contributed by atoms with Crippen LogP contribution in [0.5, 0.6) is 0 Å². The Labute approximate surface area is 124 Å². The smallest absolute Gasteiger partial charge is 0.334 e. The van der Waals surface area contributed by atoms with E-state index in [0.717, 1.165) is 10.0 Å². The van der Waals surface area contributed by atoms with Gasteiger partial charge in [-0.15, -0.1) is 0 Å². The first kappa shape index (κ1) is 14.5. The van der Waals surface area contributed by atoms with Crippen LogP contribution in [0.25, 0.3) is 0 Å².